The van der Waals surface area contributed by atoms with Crippen LogP contribution in [0.15, 0.2) is 152 Å². The van der Waals surface area contributed by atoms with Crippen LogP contribution < -0.4 is 4.90 Å². The highest BCUT2D eigenvalue weighted by molar-refractivity contribution is 6.20. The quantitative estimate of drug-likeness (QED) is 0.189. The largest absolute Gasteiger partial charge is 0.302 e. The summed E-state index contributed by atoms with van der Waals surface area (Å²) >= 11 is 0. The number of rotatable bonds is 3. The monoisotopic (exact) mass is 600 g/mol. The standard InChI is InChI=1S/C43H28N4/c1-2-12-30(13-3-1)41-44-42(32-22-24-35-31(26-32)21-20-29-19-18-27-10-4-6-14-33(27)39(29)35)46-43(45-41)47-37-17-9-8-16-36(37)40-34-15-7-5-11-28(34)23-25-38(40)47/h1-26,38,40H. The van der Waals surface area contributed by atoms with Gasteiger partial charge in [0.25, 0.3) is 0 Å². The fourth-order valence-corrected chi connectivity index (χ4v) is 7.69. The molecule has 2 unspecified atom stereocenters. The second-order valence-corrected chi connectivity index (χ2v) is 12.4. The molecule has 1 aliphatic heterocycles. The molecule has 8 aromatic rings. The van der Waals surface area contributed by atoms with Crippen LogP contribution in [0.1, 0.15) is 22.6 Å². The van der Waals surface area contributed by atoms with Crippen molar-refractivity contribution in [3.63, 3.8) is 0 Å². The molecule has 47 heavy (non-hydrogen) atoms. The third kappa shape index (κ3) is 4.05. The summed E-state index contributed by atoms with van der Waals surface area (Å²) in [6, 6.07) is 51.8. The predicted molar refractivity (Wildman–Crippen MR) is 193 cm³/mol. The summed E-state index contributed by atoms with van der Waals surface area (Å²) in [5, 5.41) is 7.41. The molecule has 2 atom stereocenters. The predicted octanol–water partition coefficient (Wildman–Crippen LogP) is 10.3. The van der Waals surface area contributed by atoms with E-state index in [0.717, 1.165) is 22.2 Å². The second kappa shape index (κ2) is 10.2. The normalized spacial score (nSPS) is 16.4. The fraction of sp³-hybridized carbons (Fsp3) is 0.0465. The second-order valence-electron chi connectivity index (χ2n) is 12.4. The number of anilines is 2. The van der Waals surface area contributed by atoms with E-state index >= 15 is 0 Å². The molecule has 0 amide bonds. The zero-order chi connectivity index (χ0) is 30.9. The first-order valence-electron chi connectivity index (χ1n) is 16.1. The number of hydrogen-bond donors (Lipinski definition) is 0. The minimum atomic E-state index is 0.0532. The van der Waals surface area contributed by atoms with E-state index in [9.17, 15) is 0 Å². The molecule has 1 aromatic heterocycles. The molecule has 0 radical (unpaired) electrons. The van der Waals surface area contributed by atoms with Crippen molar-refractivity contribution in [2.24, 2.45) is 0 Å². The average molecular weight is 601 g/mol. The van der Waals surface area contributed by atoms with Crippen LogP contribution >= 0.6 is 0 Å². The highest BCUT2D eigenvalue weighted by Gasteiger charge is 2.42. The fourth-order valence-electron chi connectivity index (χ4n) is 7.69. The van der Waals surface area contributed by atoms with Crippen LogP contribution in [0, 0.1) is 0 Å². The van der Waals surface area contributed by atoms with E-state index in [4.69, 9.17) is 15.0 Å². The lowest BCUT2D eigenvalue weighted by molar-refractivity contribution is 0.710. The molecule has 4 nitrogen and oxygen atoms in total. The summed E-state index contributed by atoms with van der Waals surface area (Å²) < 4.78 is 0. The van der Waals surface area contributed by atoms with Crippen molar-refractivity contribution in [3.05, 3.63) is 168 Å². The Hall–Kier alpha value is -6.13. The maximum atomic E-state index is 5.25. The van der Waals surface area contributed by atoms with Gasteiger partial charge in [-0.05, 0) is 61.1 Å². The number of hydrogen-bond acceptors (Lipinski definition) is 4. The summed E-state index contributed by atoms with van der Waals surface area (Å²) in [4.78, 5) is 17.8. The average Bonchev–Trinajstić information content (AvgIpc) is 3.49. The van der Waals surface area contributed by atoms with Gasteiger partial charge in [0.2, 0.25) is 5.95 Å². The molecule has 0 saturated heterocycles. The van der Waals surface area contributed by atoms with Gasteiger partial charge in [0.05, 0.1) is 6.04 Å². The van der Waals surface area contributed by atoms with Crippen LogP contribution in [-0.4, -0.2) is 21.0 Å². The van der Waals surface area contributed by atoms with Gasteiger partial charge < -0.3 is 4.90 Å². The van der Waals surface area contributed by atoms with Crippen molar-refractivity contribution in [2.75, 3.05) is 4.90 Å². The van der Waals surface area contributed by atoms with Crippen molar-refractivity contribution in [1.82, 2.24) is 15.0 Å². The molecule has 7 aromatic carbocycles. The Bertz CT molecular complexity index is 2550. The number of para-hydroxylation sites is 1. The number of fused-ring (bicyclic) bond motifs is 10. The zero-order valence-electron chi connectivity index (χ0n) is 25.5. The lowest BCUT2D eigenvalue weighted by Gasteiger charge is -2.30. The Kier molecular flexibility index (Phi) is 5.67. The van der Waals surface area contributed by atoms with Gasteiger partial charge in [0.1, 0.15) is 0 Å². The molecule has 0 fully saturated rings. The molecule has 2 heterocycles. The summed E-state index contributed by atoms with van der Waals surface area (Å²) in [6.07, 6.45) is 4.55. The highest BCUT2D eigenvalue weighted by Crippen LogP contribution is 2.50. The number of nitrogens with zero attached hydrogens (tertiary/aromatic N) is 4. The summed E-state index contributed by atoms with van der Waals surface area (Å²) in [6.45, 7) is 0. The first-order chi connectivity index (χ1) is 23.3. The highest BCUT2D eigenvalue weighted by atomic mass is 15.3. The SMILES string of the molecule is C1=CC2C(c3ccccc31)c1ccccc1N2c1nc(-c2ccccc2)nc(-c2ccc3c(ccc4ccc5ccccc5c43)c2)n1. The maximum absolute atomic E-state index is 5.25. The molecule has 1 aliphatic carbocycles. The smallest absolute Gasteiger partial charge is 0.234 e. The Morgan fingerprint density at radius 2 is 1.17 bits per heavy atom. The Labute approximate surface area is 272 Å². The number of aromatic nitrogens is 3. The molecule has 0 N–H and O–H groups in total. The van der Waals surface area contributed by atoms with Gasteiger partial charge in [-0.2, -0.15) is 9.97 Å². The van der Waals surface area contributed by atoms with Gasteiger partial charge in [-0.25, -0.2) is 4.98 Å². The van der Waals surface area contributed by atoms with Gasteiger partial charge >= 0.3 is 0 Å². The Morgan fingerprint density at radius 1 is 0.489 bits per heavy atom. The van der Waals surface area contributed by atoms with E-state index < -0.39 is 0 Å². The Morgan fingerprint density at radius 3 is 2.06 bits per heavy atom. The molecule has 0 bridgehead atoms. The van der Waals surface area contributed by atoms with E-state index in [1.54, 1.807) is 0 Å². The van der Waals surface area contributed by atoms with Gasteiger partial charge in [-0.3, -0.25) is 0 Å². The van der Waals surface area contributed by atoms with E-state index in [-0.39, 0.29) is 12.0 Å². The third-order valence-corrected chi connectivity index (χ3v) is 9.83. The summed E-state index contributed by atoms with van der Waals surface area (Å²) in [5.41, 5.74) is 6.96. The van der Waals surface area contributed by atoms with Crippen LogP contribution in [0.4, 0.5) is 11.6 Å². The van der Waals surface area contributed by atoms with Crippen molar-refractivity contribution in [3.8, 4) is 22.8 Å². The van der Waals surface area contributed by atoms with Crippen LogP contribution in [0.3, 0.4) is 0 Å². The molecule has 4 heteroatoms. The van der Waals surface area contributed by atoms with Crippen LogP contribution in [0.5, 0.6) is 0 Å². The van der Waals surface area contributed by atoms with Crippen molar-refractivity contribution >= 4 is 50.0 Å². The molecular weight excluding hydrogens is 573 g/mol. The third-order valence-electron chi connectivity index (χ3n) is 9.83. The summed E-state index contributed by atoms with van der Waals surface area (Å²) in [5.74, 6) is 2.17. The lowest BCUT2D eigenvalue weighted by atomic mass is 9.81. The molecular formula is C43H28N4. The molecule has 2 aliphatic rings. The molecule has 10 rings (SSSR count). The van der Waals surface area contributed by atoms with Gasteiger partial charge in [-0.1, -0.05) is 146 Å². The van der Waals surface area contributed by atoms with Crippen molar-refractivity contribution < 1.29 is 0 Å². The summed E-state index contributed by atoms with van der Waals surface area (Å²) in [7, 11) is 0. The topological polar surface area (TPSA) is 41.9 Å². The molecule has 220 valence electrons. The van der Waals surface area contributed by atoms with E-state index in [1.807, 2.05) is 18.2 Å². The zero-order valence-corrected chi connectivity index (χ0v) is 25.5. The van der Waals surface area contributed by atoms with Gasteiger partial charge in [-0.15, -0.1) is 0 Å². The molecule has 0 saturated carbocycles. The van der Waals surface area contributed by atoms with Crippen molar-refractivity contribution in [1.29, 1.82) is 0 Å². The number of benzene rings is 7. The first kappa shape index (κ1) is 26.1. The maximum Gasteiger partial charge on any atom is 0.234 e. The van der Waals surface area contributed by atoms with E-state index in [1.165, 1.54) is 43.6 Å². The minimum Gasteiger partial charge on any atom is -0.302 e. The Balaban J connectivity index is 1.17. The van der Waals surface area contributed by atoms with Crippen LogP contribution in [0.25, 0.3) is 61.2 Å². The minimum absolute atomic E-state index is 0.0532. The molecule has 0 spiro atoms. The van der Waals surface area contributed by atoms with Crippen LogP contribution in [-0.2, 0) is 0 Å². The van der Waals surface area contributed by atoms with E-state index in [0.29, 0.717) is 17.6 Å². The van der Waals surface area contributed by atoms with Gasteiger partial charge in [0, 0.05) is 22.7 Å². The van der Waals surface area contributed by atoms with Gasteiger partial charge in [0.15, 0.2) is 11.6 Å². The van der Waals surface area contributed by atoms with E-state index in [2.05, 4.69) is 144 Å². The van der Waals surface area contributed by atoms with Crippen LogP contribution in [0.2, 0.25) is 0 Å². The van der Waals surface area contributed by atoms with Crippen molar-refractivity contribution in [2.45, 2.75) is 12.0 Å². The first-order valence-corrected chi connectivity index (χ1v) is 16.1. The lowest BCUT2D eigenvalue weighted by Crippen LogP contribution is -2.32.